The number of hydrogen-bond donors (Lipinski definition) is 1. The highest BCUT2D eigenvalue weighted by Gasteiger charge is 2.12. The van der Waals surface area contributed by atoms with Crippen LogP contribution in [0.25, 0.3) is 0 Å². The zero-order chi connectivity index (χ0) is 13.8. The maximum absolute atomic E-state index is 13.7. The number of benzene rings is 2. The van der Waals surface area contributed by atoms with E-state index in [-0.39, 0.29) is 11.9 Å². The predicted octanol–water partition coefficient (Wildman–Crippen LogP) is 4.32. The van der Waals surface area contributed by atoms with E-state index in [9.17, 15) is 4.39 Å². The molecule has 1 unspecified atom stereocenters. The Morgan fingerprint density at radius 3 is 2.63 bits per heavy atom. The normalized spacial score (nSPS) is 12.0. The lowest BCUT2D eigenvalue weighted by molar-refractivity contribution is 0.408. The third-order valence-corrected chi connectivity index (χ3v) is 3.10. The van der Waals surface area contributed by atoms with Gasteiger partial charge in [0, 0.05) is 5.56 Å². The number of anilines is 1. The molecule has 0 heterocycles. The van der Waals surface area contributed by atoms with Crippen molar-refractivity contribution in [1.82, 2.24) is 0 Å². The Labute approximate surface area is 113 Å². The van der Waals surface area contributed by atoms with E-state index in [1.165, 1.54) is 6.07 Å². The zero-order valence-corrected chi connectivity index (χ0v) is 11.4. The molecule has 0 aliphatic rings. The molecule has 19 heavy (non-hydrogen) atoms. The summed E-state index contributed by atoms with van der Waals surface area (Å²) in [6.45, 7) is 3.93. The molecule has 0 aliphatic heterocycles. The Bertz CT molecular complexity index is 568. The van der Waals surface area contributed by atoms with Crippen molar-refractivity contribution >= 4 is 5.69 Å². The molecule has 0 saturated carbocycles. The van der Waals surface area contributed by atoms with Crippen molar-refractivity contribution < 1.29 is 9.13 Å². The molecule has 0 bridgehead atoms. The average molecular weight is 259 g/mol. The molecule has 2 rings (SSSR count). The van der Waals surface area contributed by atoms with Crippen LogP contribution in [0.4, 0.5) is 10.1 Å². The molecule has 0 radical (unpaired) electrons. The molecule has 1 atom stereocenters. The molecule has 3 heteroatoms. The summed E-state index contributed by atoms with van der Waals surface area (Å²) in [6, 6.07) is 12.8. The van der Waals surface area contributed by atoms with Crippen LogP contribution in [-0.4, -0.2) is 7.11 Å². The van der Waals surface area contributed by atoms with Crippen LogP contribution in [0.1, 0.15) is 24.1 Å². The highest BCUT2D eigenvalue weighted by atomic mass is 19.1. The fourth-order valence-corrected chi connectivity index (χ4v) is 2.08. The minimum Gasteiger partial charge on any atom is -0.496 e. The van der Waals surface area contributed by atoms with E-state index in [1.54, 1.807) is 19.2 Å². The Morgan fingerprint density at radius 2 is 1.89 bits per heavy atom. The predicted molar refractivity (Wildman–Crippen MR) is 76.2 cm³/mol. The highest BCUT2D eigenvalue weighted by molar-refractivity contribution is 5.50. The Balaban J connectivity index is 2.25. The van der Waals surface area contributed by atoms with Gasteiger partial charge in [0.25, 0.3) is 0 Å². The molecule has 0 aliphatic carbocycles. The lowest BCUT2D eigenvalue weighted by atomic mass is 10.1. The van der Waals surface area contributed by atoms with Crippen LogP contribution in [0, 0.1) is 12.7 Å². The second-order valence-electron chi connectivity index (χ2n) is 4.59. The number of rotatable bonds is 4. The number of aryl methyl sites for hydroxylation is 1. The van der Waals surface area contributed by atoms with Crippen molar-refractivity contribution in [2.24, 2.45) is 0 Å². The molecule has 2 aromatic carbocycles. The van der Waals surface area contributed by atoms with Gasteiger partial charge in [0.15, 0.2) is 0 Å². The van der Waals surface area contributed by atoms with Gasteiger partial charge in [-0.3, -0.25) is 0 Å². The summed E-state index contributed by atoms with van der Waals surface area (Å²) in [5, 5.41) is 3.19. The average Bonchev–Trinajstić information content (AvgIpc) is 2.42. The van der Waals surface area contributed by atoms with Crippen molar-refractivity contribution in [2.75, 3.05) is 12.4 Å². The Kier molecular flexibility index (Phi) is 4.05. The van der Waals surface area contributed by atoms with Gasteiger partial charge in [-0.1, -0.05) is 24.3 Å². The van der Waals surface area contributed by atoms with Crippen molar-refractivity contribution in [1.29, 1.82) is 0 Å². The number of ether oxygens (including phenoxy) is 1. The molecule has 0 aromatic heterocycles. The van der Waals surface area contributed by atoms with Gasteiger partial charge in [-0.05, 0) is 37.6 Å². The highest BCUT2D eigenvalue weighted by Crippen LogP contribution is 2.28. The molecule has 100 valence electrons. The number of nitrogens with one attached hydrogen (secondary N) is 1. The number of methoxy groups -OCH3 is 1. The van der Waals surface area contributed by atoms with Gasteiger partial charge < -0.3 is 10.1 Å². The monoisotopic (exact) mass is 259 g/mol. The standard InChI is InChI=1S/C16H18FNO/c1-11-8-9-14(17)15(10-11)18-12(2)13-6-4-5-7-16(13)19-3/h4-10,12,18H,1-3H3. The maximum atomic E-state index is 13.7. The largest absolute Gasteiger partial charge is 0.496 e. The summed E-state index contributed by atoms with van der Waals surface area (Å²) in [4.78, 5) is 0. The first-order valence-electron chi connectivity index (χ1n) is 6.27. The third kappa shape index (κ3) is 3.05. The van der Waals surface area contributed by atoms with Gasteiger partial charge in [0.05, 0.1) is 18.8 Å². The Hall–Kier alpha value is -2.03. The van der Waals surface area contributed by atoms with E-state index >= 15 is 0 Å². The van der Waals surface area contributed by atoms with Crippen LogP contribution in [0.5, 0.6) is 5.75 Å². The van der Waals surface area contributed by atoms with E-state index in [0.717, 1.165) is 16.9 Å². The van der Waals surface area contributed by atoms with Gasteiger partial charge in [-0.15, -0.1) is 0 Å². The first-order chi connectivity index (χ1) is 9.11. The van der Waals surface area contributed by atoms with E-state index in [2.05, 4.69) is 5.32 Å². The second-order valence-corrected chi connectivity index (χ2v) is 4.59. The van der Waals surface area contributed by atoms with E-state index in [4.69, 9.17) is 4.74 Å². The fourth-order valence-electron chi connectivity index (χ4n) is 2.08. The van der Waals surface area contributed by atoms with Crippen LogP contribution >= 0.6 is 0 Å². The van der Waals surface area contributed by atoms with Crippen molar-refractivity contribution in [2.45, 2.75) is 19.9 Å². The van der Waals surface area contributed by atoms with Crippen LogP contribution in [0.2, 0.25) is 0 Å². The molecule has 0 amide bonds. The fraction of sp³-hybridized carbons (Fsp3) is 0.250. The number of halogens is 1. The second kappa shape index (κ2) is 5.74. The summed E-state index contributed by atoms with van der Waals surface area (Å²) >= 11 is 0. The smallest absolute Gasteiger partial charge is 0.146 e. The van der Waals surface area contributed by atoms with Crippen LogP contribution in [-0.2, 0) is 0 Å². The van der Waals surface area contributed by atoms with Gasteiger partial charge >= 0.3 is 0 Å². The summed E-state index contributed by atoms with van der Waals surface area (Å²) in [5.41, 5.74) is 2.54. The molecule has 2 nitrogen and oxygen atoms in total. The quantitative estimate of drug-likeness (QED) is 0.883. The van der Waals surface area contributed by atoms with Crippen LogP contribution < -0.4 is 10.1 Å². The van der Waals surface area contributed by atoms with Crippen LogP contribution in [0.3, 0.4) is 0 Å². The zero-order valence-electron chi connectivity index (χ0n) is 11.4. The molecule has 0 saturated heterocycles. The Morgan fingerprint density at radius 1 is 1.16 bits per heavy atom. The first kappa shape index (κ1) is 13.4. The maximum Gasteiger partial charge on any atom is 0.146 e. The van der Waals surface area contributed by atoms with Crippen molar-refractivity contribution in [3.05, 3.63) is 59.4 Å². The summed E-state index contributed by atoms with van der Waals surface area (Å²) < 4.78 is 19.1. The molecular weight excluding hydrogens is 241 g/mol. The summed E-state index contributed by atoms with van der Waals surface area (Å²) in [5.74, 6) is 0.558. The molecular formula is C16H18FNO. The summed E-state index contributed by atoms with van der Waals surface area (Å²) in [6.07, 6.45) is 0. The molecule has 1 N–H and O–H groups in total. The number of hydrogen-bond acceptors (Lipinski definition) is 2. The van der Waals surface area contributed by atoms with Crippen molar-refractivity contribution in [3.8, 4) is 5.75 Å². The van der Waals surface area contributed by atoms with Gasteiger partial charge in [0.2, 0.25) is 0 Å². The van der Waals surface area contributed by atoms with E-state index in [1.807, 2.05) is 38.1 Å². The van der Waals surface area contributed by atoms with Crippen LogP contribution in [0.15, 0.2) is 42.5 Å². The third-order valence-electron chi connectivity index (χ3n) is 3.10. The van der Waals surface area contributed by atoms with Crippen molar-refractivity contribution in [3.63, 3.8) is 0 Å². The topological polar surface area (TPSA) is 21.3 Å². The lowest BCUT2D eigenvalue weighted by Crippen LogP contribution is -2.09. The molecule has 0 spiro atoms. The van der Waals surface area contributed by atoms with E-state index in [0.29, 0.717) is 5.69 Å². The molecule has 0 fully saturated rings. The number of para-hydroxylation sites is 1. The lowest BCUT2D eigenvalue weighted by Gasteiger charge is -2.19. The molecule has 2 aromatic rings. The first-order valence-corrected chi connectivity index (χ1v) is 6.27. The van der Waals surface area contributed by atoms with Gasteiger partial charge in [-0.25, -0.2) is 4.39 Å². The summed E-state index contributed by atoms with van der Waals surface area (Å²) in [7, 11) is 1.64. The van der Waals surface area contributed by atoms with Gasteiger partial charge in [0.1, 0.15) is 11.6 Å². The minimum atomic E-state index is -0.243. The minimum absolute atomic E-state index is 0.0348. The SMILES string of the molecule is COc1ccccc1C(C)Nc1cc(C)ccc1F. The van der Waals surface area contributed by atoms with Gasteiger partial charge in [-0.2, -0.15) is 0 Å². The van der Waals surface area contributed by atoms with E-state index < -0.39 is 0 Å².